The van der Waals surface area contributed by atoms with Crippen molar-refractivity contribution in [1.29, 1.82) is 0 Å². The van der Waals surface area contributed by atoms with Crippen molar-refractivity contribution < 1.29 is 9.53 Å². The molecule has 1 heterocycles. The molecule has 0 bridgehead atoms. The maximum atomic E-state index is 11.1. The number of ether oxygens (including phenoxy) is 1. The summed E-state index contributed by atoms with van der Waals surface area (Å²) < 4.78 is 4.66. The summed E-state index contributed by atoms with van der Waals surface area (Å²) in [4.78, 5) is 13.4. The Hall–Kier alpha value is -1.51. The van der Waals surface area contributed by atoms with Crippen LogP contribution in [0, 0.1) is 6.92 Å². The molecule has 0 fully saturated rings. The minimum Gasteiger partial charge on any atom is -0.469 e. The molecule has 1 aliphatic rings. The molecule has 86 valence electrons. The van der Waals surface area contributed by atoms with E-state index < -0.39 is 0 Å². The number of esters is 1. The highest BCUT2D eigenvalue weighted by molar-refractivity contribution is 5.70. The molecule has 0 aromatic heterocycles. The van der Waals surface area contributed by atoms with Crippen LogP contribution >= 0.6 is 0 Å². The number of carbonyl (C=O) groups is 1. The number of rotatable bonds is 3. The Morgan fingerprint density at radius 1 is 1.50 bits per heavy atom. The van der Waals surface area contributed by atoms with Gasteiger partial charge in [0.1, 0.15) is 0 Å². The lowest BCUT2D eigenvalue weighted by Gasteiger charge is -2.18. The zero-order valence-corrected chi connectivity index (χ0v) is 9.82. The fourth-order valence-electron chi connectivity index (χ4n) is 2.12. The highest BCUT2D eigenvalue weighted by Crippen LogP contribution is 2.28. The van der Waals surface area contributed by atoms with E-state index in [0.717, 1.165) is 19.5 Å². The molecule has 16 heavy (non-hydrogen) atoms. The van der Waals surface area contributed by atoms with Gasteiger partial charge < -0.3 is 9.64 Å². The number of benzene rings is 1. The number of fused-ring (bicyclic) bond motifs is 1. The summed E-state index contributed by atoms with van der Waals surface area (Å²) >= 11 is 0. The number of aryl methyl sites for hydroxylation is 1. The van der Waals surface area contributed by atoms with E-state index in [4.69, 9.17) is 0 Å². The van der Waals surface area contributed by atoms with Crippen molar-refractivity contribution in [3.05, 3.63) is 29.3 Å². The lowest BCUT2D eigenvalue weighted by molar-refractivity contribution is -0.140. The number of nitrogens with zero attached hydrogens (tertiary/aromatic N) is 1. The van der Waals surface area contributed by atoms with Gasteiger partial charge in [0.2, 0.25) is 0 Å². The van der Waals surface area contributed by atoms with Gasteiger partial charge in [-0.25, -0.2) is 0 Å². The molecule has 1 aromatic rings. The topological polar surface area (TPSA) is 29.5 Å². The minimum atomic E-state index is -0.138. The first-order valence-electron chi connectivity index (χ1n) is 5.62. The monoisotopic (exact) mass is 219 g/mol. The predicted octanol–water partition coefficient (Wildman–Crippen LogP) is 1.92. The maximum absolute atomic E-state index is 11.1. The highest BCUT2D eigenvalue weighted by Gasteiger charge is 2.19. The Morgan fingerprint density at radius 3 is 3.06 bits per heavy atom. The average molecular weight is 219 g/mol. The second-order valence-corrected chi connectivity index (χ2v) is 4.20. The van der Waals surface area contributed by atoms with Crippen LogP contribution in [0.4, 0.5) is 5.69 Å². The molecule has 0 atom stereocenters. The Morgan fingerprint density at radius 2 is 2.31 bits per heavy atom. The van der Waals surface area contributed by atoms with Gasteiger partial charge in [-0.3, -0.25) is 4.79 Å². The van der Waals surface area contributed by atoms with Crippen LogP contribution in [-0.4, -0.2) is 26.2 Å². The fraction of sp³-hybridized carbons (Fsp3) is 0.462. The second kappa shape index (κ2) is 4.56. The van der Waals surface area contributed by atoms with Gasteiger partial charge >= 0.3 is 5.97 Å². The van der Waals surface area contributed by atoms with E-state index >= 15 is 0 Å². The molecule has 1 aromatic carbocycles. The molecule has 0 N–H and O–H groups in total. The quantitative estimate of drug-likeness (QED) is 0.727. The van der Waals surface area contributed by atoms with Crippen LogP contribution < -0.4 is 4.90 Å². The number of hydrogen-bond acceptors (Lipinski definition) is 3. The smallest absolute Gasteiger partial charge is 0.307 e. The van der Waals surface area contributed by atoms with Gasteiger partial charge in [-0.15, -0.1) is 0 Å². The van der Waals surface area contributed by atoms with Crippen LogP contribution in [-0.2, 0) is 16.0 Å². The van der Waals surface area contributed by atoms with E-state index in [0.29, 0.717) is 6.42 Å². The molecular formula is C13H17NO2. The Bertz CT molecular complexity index is 401. The lowest BCUT2D eigenvalue weighted by atomic mass is 10.1. The molecule has 0 aliphatic carbocycles. The van der Waals surface area contributed by atoms with Crippen LogP contribution in [0.2, 0.25) is 0 Å². The zero-order chi connectivity index (χ0) is 11.5. The van der Waals surface area contributed by atoms with Crippen molar-refractivity contribution in [1.82, 2.24) is 0 Å². The van der Waals surface area contributed by atoms with E-state index in [-0.39, 0.29) is 5.97 Å². The van der Waals surface area contributed by atoms with Crippen molar-refractivity contribution in [2.75, 3.05) is 25.1 Å². The maximum Gasteiger partial charge on any atom is 0.307 e. The van der Waals surface area contributed by atoms with Gasteiger partial charge in [0.15, 0.2) is 0 Å². The molecule has 0 saturated carbocycles. The van der Waals surface area contributed by atoms with E-state index in [1.54, 1.807) is 0 Å². The van der Waals surface area contributed by atoms with Gasteiger partial charge in [-0.05, 0) is 30.5 Å². The number of anilines is 1. The summed E-state index contributed by atoms with van der Waals surface area (Å²) in [5, 5.41) is 0. The van der Waals surface area contributed by atoms with Crippen molar-refractivity contribution >= 4 is 11.7 Å². The van der Waals surface area contributed by atoms with Gasteiger partial charge in [-0.2, -0.15) is 0 Å². The first kappa shape index (κ1) is 11.0. The lowest BCUT2D eigenvalue weighted by Crippen LogP contribution is -2.24. The van der Waals surface area contributed by atoms with Gasteiger partial charge in [0.05, 0.1) is 13.5 Å². The molecule has 0 radical (unpaired) electrons. The third kappa shape index (κ3) is 2.18. The van der Waals surface area contributed by atoms with Crippen molar-refractivity contribution in [2.24, 2.45) is 0 Å². The molecule has 3 heteroatoms. The number of carbonyl (C=O) groups excluding carboxylic acids is 1. The Kier molecular flexibility index (Phi) is 3.13. The normalized spacial score (nSPS) is 13.8. The molecule has 0 unspecified atom stereocenters. The van der Waals surface area contributed by atoms with Gasteiger partial charge in [-0.1, -0.05) is 12.1 Å². The molecule has 2 rings (SSSR count). The molecule has 0 spiro atoms. The summed E-state index contributed by atoms with van der Waals surface area (Å²) in [6, 6.07) is 6.52. The van der Waals surface area contributed by atoms with Crippen LogP contribution in [0.3, 0.4) is 0 Å². The summed E-state index contributed by atoms with van der Waals surface area (Å²) in [6.45, 7) is 3.86. The van der Waals surface area contributed by atoms with Crippen LogP contribution in [0.5, 0.6) is 0 Å². The van der Waals surface area contributed by atoms with Crippen molar-refractivity contribution in [3.63, 3.8) is 0 Å². The number of methoxy groups -OCH3 is 1. The number of hydrogen-bond donors (Lipinski definition) is 0. The van der Waals surface area contributed by atoms with Crippen molar-refractivity contribution in [3.8, 4) is 0 Å². The fourth-order valence-corrected chi connectivity index (χ4v) is 2.12. The third-order valence-corrected chi connectivity index (χ3v) is 3.05. The second-order valence-electron chi connectivity index (χ2n) is 4.20. The first-order valence-corrected chi connectivity index (χ1v) is 5.62. The van der Waals surface area contributed by atoms with Crippen molar-refractivity contribution in [2.45, 2.75) is 19.8 Å². The summed E-state index contributed by atoms with van der Waals surface area (Å²) in [5.41, 5.74) is 3.93. The van der Waals surface area contributed by atoms with Crippen LogP contribution in [0.1, 0.15) is 17.5 Å². The predicted molar refractivity (Wildman–Crippen MR) is 63.7 cm³/mol. The molecule has 1 aliphatic heterocycles. The Labute approximate surface area is 96.0 Å². The van der Waals surface area contributed by atoms with Crippen LogP contribution in [0.25, 0.3) is 0 Å². The Balaban J connectivity index is 2.05. The molecule has 0 amide bonds. The van der Waals surface area contributed by atoms with Gasteiger partial charge in [0, 0.05) is 18.8 Å². The standard InChI is InChI=1S/C13H17NO2/c1-10-3-4-11-5-7-14(12(11)9-10)8-6-13(15)16-2/h3-4,9H,5-8H2,1-2H3. The zero-order valence-electron chi connectivity index (χ0n) is 9.82. The van der Waals surface area contributed by atoms with E-state index in [1.807, 2.05) is 0 Å². The average Bonchev–Trinajstić information content (AvgIpc) is 2.68. The van der Waals surface area contributed by atoms with E-state index in [2.05, 4.69) is 34.8 Å². The summed E-state index contributed by atoms with van der Waals surface area (Å²) in [6.07, 6.45) is 1.54. The first-order chi connectivity index (χ1) is 7.70. The summed E-state index contributed by atoms with van der Waals surface area (Å²) in [7, 11) is 1.43. The molecule has 3 nitrogen and oxygen atoms in total. The third-order valence-electron chi connectivity index (χ3n) is 3.05. The largest absolute Gasteiger partial charge is 0.469 e. The van der Waals surface area contributed by atoms with E-state index in [1.165, 1.54) is 23.9 Å². The van der Waals surface area contributed by atoms with Gasteiger partial charge in [0.25, 0.3) is 0 Å². The highest BCUT2D eigenvalue weighted by atomic mass is 16.5. The minimum absolute atomic E-state index is 0.138. The molecular weight excluding hydrogens is 202 g/mol. The van der Waals surface area contributed by atoms with Crippen LogP contribution in [0.15, 0.2) is 18.2 Å². The molecule has 0 saturated heterocycles. The van der Waals surface area contributed by atoms with E-state index in [9.17, 15) is 4.79 Å². The SMILES string of the molecule is COC(=O)CCN1CCc2ccc(C)cc21. The summed E-state index contributed by atoms with van der Waals surface area (Å²) in [5.74, 6) is -0.138.